The van der Waals surface area contributed by atoms with Crippen LogP contribution in [0.15, 0.2) is 0 Å². The number of hydrogen-bond donors (Lipinski definition) is 5. The van der Waals surface area contributed by atoms with Crippen molar-refractivity contribution in [1.82, 2.24) is 26.6 Å². The van der Waals surface area contributed by atoms with Gasteiger partial charge in [-0.25, -0.2) is 4.79 Å². The summed E-state index contributed by atoms with van der Waals surface area (Å²) in [4.78, 5) is 59.9. The molecule has 34 heavy (non-hydrogen) atoms. The fourth-order valence-corrected chi connectivity index (χ4v) is 2.74. The number of hydrogen-bond acceptors (Lipinski definition) is 6. The van der Waals surface area contributed by atoms with Crippen LogP contribution < -0.4 is 26.6 Å². The number of alkyl carbamates (subject to hydrolysis) is 1. The summed E-state index contributed by atoms with van der Waals surface area (Å²) >= 11 is 1.92. The van der Waals surface area contributed by atoms with Gasteiger partial charge in [0, 0.05) is 26.1 Å². The summed E-state index contributed by atoms with van der Waals surface area (Å²) in [5, 5.41) is 13.0. The molecule has 0 rings (SSSR count). The van der Waals surface area contributed by atoms with Gasteiger partial charge in [-0.2, -0.15) is 0 Å². The summed E-state index contributed by atoms with van der Waals surface area (Å²) in [6.45, 7) is 12.0. The van der Waals surface area contributed by atoms with Crippen LogP contribution in [-0.2, 0) is 23.9 Å². The van der Waals surface area contributed by atoms with Gasteiger partial charge in [0.1, 0.15) is 12.1 Å². The van der Waals surface area contributed by atoms with Crippen LogP contribution in [0, 0.1) is 17.8 Å². The van der Waals surface area contributed by atoms with Crippen LogP contribution in [-0.4, -0.2) is 72.5 Å². The summed E-state index contributed by atoms with van der Waals surface area (Å²) in [6, 6.07) is -1.67. The van der Waals surface area contributed by atoms with Crippen LogP contribution in [0.4, 0.5) is 4.79 Å². The standard InChI is InChI=1S/C22H40IN5O6/c1-13(2)15(5)12-34-22(33)26-10-9-25-20(31)16(6)27-21(32)19(14(3)4)28-17(29)7-8-24-18(30)11-23/h13-16,19H,7-12H2,1-6H3,(H,24,30)(H,25,31)(H,26,33)(H,27,32)(H,28,29)/t15?,16-,19-/m0/s1. The van der Waals surface area contributed by atoms with Gasteiger partial charge >= 0.3 is 6.09 Å². The molecule has 0 radical (unpaired) electrons. The molecule has 0 aliphatic rings. The van der Waals surface area contributed by atoms with Gasteiger partial charge in [-0.05, 0) is 24.7 Å². The Morgan fingerprint density at radius 1 is 0.735 bits per heavy atom. The van der Waals surface area contributed by atoms with Crippen molar-refractivity contribution in [2.24, 2.45) is 17.8 Å². The lowest BCUT2D eigenvalue weighted by molar-refractivity contribution is -0.132. The predicted molar refractivity (Wildman–Crippen MR) is 137 cm³/mol. The normalized spacial score (nSPS) is 13.4. The molecule has 0 aliphatic heterocycles. The Morgan fingerprint density at radius 2 is 1.35 bits per heavy atom. The first-order chi connectivity index (χ1) is 15.9. The molecule has 5 N–H and O–H groups in total. The molecule has 0 aromatic carbocycles. The Kier molecular flexibility index (Phi) is 16.3. The fourth-order valence-electron chi connectivity index (χ4n) is 2.47. The second-order valence-electron chi connectivity index (χ2n) is 8.79. The van der Waals surface area contributed by atoms with Gasteiger partial charge in [0.2, 0.25) is 23.6 Å². The molecule has 1 unspecified atom stereocenters. The number of carbonyl (C=O) groups excluding carboxylic acids is 5. The zero-order valence-corrected chi connectivity index (χ0v) is 23.1. The Labute approximate surface area is 215 Å². The van der Waals surface area contributed by atoms with Crippen molar-refractivity contribution in [3.05, 3.63) is 0 Å². The van der Waals surface area contributed by atoms with Gasteiger partial charge in [0.15, 0.2) is 0 Å². The molecule has 0 bridgehead atoms. The molecule has 12 heteroatoms. The summed E-state index contributed by atoms with van der Waals surface area (Å²) in [7, 11) is 0. The molecule has 3 atom stereocenters. The van der Waals surface area contributed by atoms with Crippen molar-refractivity contribution in [2.45, 2.75) is 60.0 Å². The molecular weight excluding hydrogens is 557 g/mol. The SMILES string of the molecule is CC(C)C(C)COC(=O)NCCNC(=O)[C@H](C)NC(=O)[C@@H](NC(=O)CCNC(=O)CI)C(C)C. The summed E-state index contributed by atoms with van der Waals surface area (Å²) < 4.78 is 5.42. The molecule has 0 aromatic rings. The third kappa shape index (κ3) is 14.2. The summed E-state index contributed by atoms with van der Waals surface area (Å²) in [5.74, 6) is -1.01. The van der Waals surface area contributed by atoms with Gasteiger partial charge in [-0.1, -0.05) is 57.2 Å². The number of ether oxygens (including phenoxy) is 1. The maximum Gasteiger partial charge on any atom is 0.407 e. The van der Waals surface area contributed by atoms with E-state index in [4.69, 9.17) is 4.74 Å². The minimum absolute atomic E-state index is 0.0424. The van der Waals surface area contributed by atoms with Crippen molar-refractivity contribution in [1.29, 1.82) is 0 Å². The molecule has 0 aromatic heterocycles. The number of rotatable bonds is 15. The Bertz CT molecular complexity index is 689. The van der Waals surface area contributed by atoms with E-state index in [0.29, 0.717) is 17.0 Å². The zero-order chi connectivity index (χ0) is 26.3. The minimum Gasteiger partial charge on any atom is -0.449 e. The van der Waals surface area contributed by atoms with Crippen molar-refractivity contribution in [2.75, 3.05) is 30.7 Å². The lowest BCUT2D eigenvalue weighted by Crippen LogP contribution is -2.55. The van der Waals surface area contributed by atoms with Crippen LogP contribution in [0.5, 0.6) is 0 Å². The van der Waals surface area contributed by atoms with Crippen LogP contribution in [0.25, 0.3) is 0 Å². The van der Waals surface area contributed by atoms with Crippen molar-refractivity contribution in [3.8, 4) is 0 Å². The second-order valence-corrected chi connectivity index (χ2v) is 9.55. The molecule has 0 saturated heterocycles. The maximum absolute atomic E-state index is 12.6. The number of nitrogens with one attached hydrogen (secondary N) is 5. The molecule has 0 saturated carbocycles. The molecular formula is C22H40IN5O6. The largest absolute Gasteiger partial charge is 0.449 e. The molecule has 5 amide bonds. The molecule has 0 heterocycles. The Balaban J connectivity index is 4.38. The number of halogens is 1. The lowest BCUT2D eigenvalue weighted by atomic mass is 10.00. The van der Waals surface area contributed by atoms with Gasteiger partial charge in [-0.3, -0.25) is 19.2 Å². The first-order valence-electron chi connectivity index (χ1n) is 11.5. The smallest absolute Gasteiger partial charge is 0.407 e. The first kappa shape index (κ1) is 31.9. The highest BCUT2D eigenvalue weighted by atomic mass is 127. The van der Waals surface area contributed by atoms with Gasteiger partial charge in [0.25, 0.3) is 0 Å². The van der Waals surface area contributed by atoms with Gasteiger partial charge in [-0.15, -0.1) is 0 Å². The van der Waals surface area contributed by atoms with Crippen LogP contribution >= 0.6 is 22.6 Å². The number of amides is 5. The van der Waals surface area contributed by atoms with Crippen molar-refractivity contribution in [3.63, 3.8) is 0 Å². The summed E-state index contributed by atoms with van der Waals surface area (Å²) in [6.07, 6.45) is -0.506. The van der Waals surface area contributed by atoms with E-state index in [9.17, 15) is 24.0 Å². The quantitative estimate of drug-likeness (QED) is 0.106. The van der Waals surface area contributed by atoms with E-state index in [1.54, 1.807) is 13.8 Å². The van der Waals surface area contributed by atoms with E-state index in [-0.39, 0.29) is 49.7 Å². The maximum atomic E-state index is 12.6. The van der Waals surface area contributed by atoms with Gasteiger partial charge in [0.05, 0.1) is 11.0 Å². The minimum atomic E-state index is -0.840. The van der Waals surface area contributed by atoms with Crippen LogP contribution in [0.1, 0.15) is 48.0 Å². The fraction of sp³-hybridized carbons (Fsp3) is 0.773. The average molecular weight is 597 g/mol. The molecule has 0 fully saturated rings. The van der Waals surface area contributed by atoms with E-state index < -0.39 is 30.0 Å². The highest BCUT2D eigenvalue weighted by Crippen LogP contribution is 2.09. The van der Waals surface area contributed by atoms with E-state index in [0.717, 1.165) is 0 Å². The number of alkyl halides is 1. The van der Waals surface area contributed by atoms with E-state index in [1.165, 1.54) is 6.92 Å². The molecule has 196 valence electrons. The molecule has 0 aliphatic carbocycles. The Morgan fingerprint density at radius 3 is 1.91 bits per heavy atom. The predicted octanol–water partition coefficient (Wildman–Crippen LogP) is 0.708. The second kappa shape index (κ2) is 17.3. The zero-order valence-electron chi connectivity index (χ0n) is 21.0. The highest BCUT2D eigenvalue weighted by molar-refractivity contribution is 14.1. The van der Waals surface area contributed by atoms with E-state index in [2.05, 4.69) is 26.6 Å². The highest BCUT2D eigenvalue weighted by Gasteiger charge is 2.26. The monoisotopic (exact) mass is 597 g/mol. The lowest BCUT2D eigenvalue weighted by Gasteiger charge is -2.24. The third-order valence-electron chi connectivity index (χ3n) is 5.12. The van der Waals surface area contributed by atoms with Gasteiger partial charge < -0.3 is 31.3 Å². The molecule has 0 spiro atoms. The third-order valence-corrected chi connectivity index (χ3v) is 5.82. The first-order valence-corrected chi connectivity index (χ1v) is 13.0. The summed E-state index contributed by atoms with van der Waals surface area (Å²) in [5.41, 5.74) is 0. The number of carbonyl (C=O) groups is 5. The van der Waals surface area contributed by atoms with Crippen LogP contribution in [0.2, 0.25) is 0 Å². The van der Waals surface area contributed by atoms with Crippen LogP contribution in [0.3, 0.4) is 0 Å². The topological polar surface area (TPSA) is 155 Å². The van der Waals surface area contributed by atoms with E-state index in [1.807, 2.05) is 43.4 Å². The van der Waals surface area contributed by atoms with E-state index >= 15 is 0 Å². The Hall–Kier alpha value is -2.12. The molecule has 11 nitrogen and oxygen atoms in total. The average Bonchev–Trinajstić information content (AvgIpc) is 2.77. The van der Waals surface area contributed by atoms with Crippen molar-refractivity contribution >= 4 is 52.3 Å². The van der Waals surface area contributed by atoms with Crippen molar-refractivity contribution < 1.29 is 28.7 Å².